The Labute approximate surface area is 93.2 Å². The number of halogens is 1. The van der Waals surface area contributed by atoms with Crippen molar-refractivity contribution in [1.29, 1.82) is 0 Å². The quantitative estimate of drug-likeness (QED) is 0.583. The Morgan fingerprint density at radius 1 is 1.57 bits per heavy atom. The van der Waals surface area contributed by atoms with Crippen molar-refractivity contribution in [2.45, 2.75) is 19.3 Å². The Balaban J connectivity index is 2.36. The van der Waals surface area contributed by atoms with Crippen LogP contribution in [0.5, 0.6) is 0 Å². The second kappa shape index (κ2) is 3.47. The van der Waals surface area contributed by atoms with Gasteiger partial charge in [0, 0.05) is 14.2 Å². The molecule has 0 bridgehead atoms. The molecule has 1 aliphatic rings. The third-order valence-electron chi connectivity index (χ3n) is 2.02. The van der Waals surface area contributed by atoms with Gasteiger partial charge in [-0.15, -0.1) is 11.3 Å². The number of rotatable bonds is 1. The van der Waals surface area contributed by atoms with E-state index in [9.17, 15) is 9.59 Å². The number of carbonyl (C=O) groups is 2. The van der Waals surface area contributed by atoms with Crippen molar-refractivity contribution in [3.05, 3.63) is 20.3 Å². The highest BCUT2D eigenvalue weighted by Gasteiger charge is 2.36. The largest absolute Gasteiger partial charge is 0.393 e. The zero-order valence-electron chi connectivity index (χ0n) is 7.37. The molecule has 1 unspecified atom stereocenters. The van der Waals surface area contributed by atoms with E-state index in [1.165, 1.54) is 11.3 Å². The average Bonchev–Trinajstić information content (AvgIpc) is 2.55. The predicted octanol–water partition coefficient (Wildman–Crippen LogP) is 2.38. The summed E-state index contributed by atoms with van der Waals surface area (Å²) in [4.78, 5) is 24.2. The van der Waals surface area contributed by atoms with Gasteiger partial charge < -0.3 is 4.74 Å². The van der Waals surface area contributed by atoms with Crippen molar-refractivity contribution in [3.63, 3.8) is 0 Å². The van der Waals surface area contributed by atoms with Gasteiger partial charge >= 0.3 is 11.9 Å². The first kappa shape index (κ1) is 9.86. The molecule has 3 nitrogen and oxygen atoms in total. The molecule has 1 saturated heterocycles. The lowest BCUT2D eigenvalue weighted by Gasteiger charge is -2.00. The monoisotopic (exact) mass is 274 g/mol. The summed E-state index contributed by atoms with van der Waals surface area (Å²) in [5.41, 5.74) is 0. The lowest BCUT2D eigenvalue weighted by Crippen LogP contribution is -2.04. The molecule has 1 atom stereocenters. The number of hydrogen-bond donors (Lipinski definition) is 0. The molecular weight excluding hydrogens is 268 g/mol. The molecule has 0 aliphatic carbocycles. The van der Waals surface area contributed by atoms with Crippen molar-refractivity contribution < 1.29 is 14.3 Å². The lowest BCUT2D eigenvalue weighted by atomic mass is 10.1. The van der Waals surface area contributed by atoms with Gasteiger partial charge in [0.05, 0.1) is 6.42 Å². The van der Waals surface area contributed by atoms with Crippen LogP contribution in [0, 0.1) is 6.92 Å². The van der Waals surface area contributed by atoms with Crippen LogP contribution in [0.2, 0.25) is 0 Å². The molecule has 0 aromatic carbocycles. The third-order valence-corrected chi connectivity index (χ3v) is 4.11. The molecule has 0 spiro atoms. The molecule has 1 fully saturated rings. The van der Waals surface area contributed by atoms with E-state index in [-0.39, 0.29) is 6.42 Å². The van der Waals surface area contributed by atoms with Crippen LogP contribution in [0.15, 0.2) is 10.5 Å². The minimum absolute atomic E-state index is 0.164. The van der Waals surface area contributed by atoms with Crippen molar-refractivity contribution in [1.82, 2.24) is 0 Å². The highest BCUT2D eigenvalue weighted by molar-refractivity contribution is 9.10. The first-order chi connectivity index (χ1) is 6.58. The summed E-state index contributed by atoms with van der Waals surface area (Å²) in [6.45, 7) is 1.96. The van der Waals surface area contributed by atoms with Gasteiger partial charge in [-0.2, -0.15) is 0 Å². The molecule has 14 heavy (non-hydrogen) atoms. The first-order valence-electron chi connectivity index (χ1n) is 4.08. The molecule has 0 amide bonds. The fourth-order valence-corrected chi connectivity index (χ4v) is 3.43. The van der Waals surface area contributed by atoms with Gasteiger partial charge in [-0.1, -0.05) is 0 Å². The van der Waals surface area contributed by atoms with E-state index in [1.807, 2.05) is 13.0 Å². The molecule has 2 rings (SSSR count). The predicted molar refractivity (Wildman–Crippen MR) is 55.2 cm³/mol. The molecular formula is C9H7BrO3S. The molecule has 0 saturated carbocycles. The van der Waals surface area contributed by atoms with Crippen molar-refractivity contribution in [2.24, 2.45) is 0 Å². The fourth-order valence-electron chi connectivity index (χ4n) is 1.41. The van der Waals surface area contributed by atoms with E-state index >= 15 is 0 Å². The number of hydrogen-bond acceptors (Lipinski definition) is 4. The Bertz CT molecular complexity index is 410. The maximum absolute atomic E-state index is 11.3. The van der Waals surface area contributed by atoms with E-state index < -0.39 is 17.9 Å². The van der Waals surface area contributed by atoms with Crippen LogP contribution in [0.3, 0.4) is 0 Å². The lowest BCUT2D eigenvalue weighted by molar-refractivity contribution is -0.152. The summed E-state index contributed by atoms with van der Waals surface area (Å²) < 4.78 is 5.39. The maximum Gasteiger partial charge on any atom is 0.322 e. The fraction of sp³-hybridized carbons (Fsp3) is 0.333. The number of cyclic esters (lactones) is 2. The summed E-state index contributed by atoms with van der Waals surface area (Å²) >= 11 is 4.88. The first-order valence-corrected chi connectivity index (χ1v) is 5.69. The van der Waals surface area contributed by atoms with E-state index in [2.05, 4.69) is 20.7 Å². The standard InChI is InChI=1S/C9H7BrO3S/c1-4-2-6(10)8(14-4)5-3-7(11)13-9(5)12/h2,5H,3H2,1H3. The van der Waals surface area contributed by atoms with Gasteiger partial charge in [0.25, 0.3) is 0 Å². The number of carbonyl (C=O) groups excluding carboxylic acids is 2. The Kier molecular flexibility index (Phi) is 2.45. The van der Waals surface area contributed by atoms with Crippen LogP contribution in [0.25, 0.3) is 0 Å². The second-order valence-corrected chi connectivity index (χ2v) is 5.26. The van der Waals surface area contributed by atoms with Gasteiger partial charge in [-0.3, -0.25) is 9.59 Å². The number of esters is 2. The normalized spacial score (nSPS) is 21.4. The summed E-state index contributed by atoms with van der Waals surface area (Å²) in [5, 5.41) is 0. The number of ether oxygens (including phenoxy) is 1. The van der Waals surface area contributed by atoms with E-state index in [0.717, 1.165) is 14.2 Å². The molecule has 0 N–H and O–H groups in total. The van der Waals surface area contributed by atoms with Crippen molar-refractivity contribution in [2.75, 3.05) is 0 Å². The highest BCUT2D eigenvalue weighted by atomic mass is 79.9. The van der Waals surface area contributed by atoms with Gasteiger partial charge in [0.2, 0.25) is 0 Å². The van der Waals surface area contributed by atoms with Crippen LogP contribution < -0.4 is 0 Å². The Morgan fingerprint density at radius 2 is 2.29 bits per heavy atom. The van der Waals surface area contributed by atoms with E-state index in [0.29, 0.717) is 0 Å². The van der Waals surface area contributed by atoms with Crippen LogP contribution in [-0.4, -0.2) is 11.9 Å². The minimum Gasteiger partial charge on any atom is -0.393 e. The smallest absolute Gasteiger partial charge is 0.322 e. The zero-order valence-corrected chi connectivity index (χ0v) is 9.78. The zero-order chi connectivity index (χ0) is 10.3. The van der Waals surface area contributed by atoms with Gasteiger partial charge in [-0.05, 0) is 28.9 Å². The summed E-state index contributed by atoms with van der Waals surface area (Å²) in [7, 11) is 0. The molecule has 5 heteroatoms. The van der Waals surface area contributed by atoms with Crippen molar-refractivity contribution in [3.8, 4) is 0 Å². The molecule has 74 valence electrons. The van der Waals surface area contributed by atoms with Crippen LogP contribution in [0.1, 0.15) is 22.1 Å². The second-order valence-electron chi connectivity index (χ2n) is 3.12. The summed E-state index contributed by atoms with van der Waals surface area (Å²) in [6.07, 6.45) is 0.164. The van der Waals surface area contributed by atoms with Gasteiger partial charge in [-0.25, -0.2) is 0 Å². The van der Waals surface area contributed by atoms with Crippen LogP contribution >= 0.6 is 27.3 Å². The number of thiophene rings is 1. The van der Waals surface area contributed by atoms with Gasteiger partial charge in [0.1, 0.15) is 5.92 Å². The Morgan fingerprint density at radius 3 is 2.71 bits per heavy atom. The van der Waals surface area contributed by atoms with E-state index in [4.69, 9.17) is 0 Å². The molecule has 2 heterocycles. The SMILES string of the molecule is Cc1cc(Br)c(C2CC(=O)OC2=O)s1. The molecule has 1 aromatic heterocycles. The van der Waals surface area contributed by atoms with Crippen LogP contribution in [-0.2, 0) is 14.3 Å². The summed E-state index contributed by atoms with van der Waals surface area (Å²) in [6, 6.07) is 1.94. The minimum atomic E-state index is -0.433. The van der Waals surface area contributed by atoms with Crippen molar-refractivity contribution >= 4 is 39.2 Å². The number of aryl methyl sites for hydroxylation is 1. The summed E-state index contributed by atoms with van der Waals surface area (Å²) in [5.74, 6) is -1.27. The Hall–Kier alpha value is -0.680. The van der Waals surface area contributed by atoms with E-state index in [1.54, 1.807) is 0 Å². The highest BCUT2D eigenvalue weighted by Crippen LogP contribution is 2.38. The molecule has 0 radical (unpaired) electrons. The molecule has 1 aromatic rings. The topological polar surface area (TPSA) is 43.4 Å². The maximum atomic E-state index is 11.3. The average molecular weight is 275 g/mol. The van der Waals surface area contributed by atoms with Gasteiger partial charge in [0.15, 0.2) is 0 Å². The van der Waals surface area contributed by atoms with Crippen LogP contribution in [0.4, 0.5) is 0 Å². The molecule has 1 aliphatic heterocycles. The third kappa shape index (κ3) is 1.62.